The van der Waals surface area contributed by atoms with Crippen LogP contribution in [0.4, 0.5) is 29.3 Å². The van der Waals surface area contributed by atoms with Gasteiger partial charge in [0, 0.05) is 41.9 Å². The van der Waals surface area contributed by atoms with Crippen LogP contribution in [0.3, 0.4) is 0 Å². The van der Waals surface area contributed by atoms with Gasteiger partial charge in [-0.25, -0.2) is 14.8 Å². The quantitative estimate of drug-likeness (QED) is 0.312. The second-order valence-electron chi connectivity index (χ2n) is 7.90. The lowest BCUT2D eigenvalue weighted by Crippen LogP contribution is -2.33. The van der Waals surface area contributed by atoms with Gasteiger partial charge >= 0.3 is 12.2 Å². The summed E-state index contributed by atoms with van der Waals surface area (Å²) in [5, 5.41) is 2.83. The third kappa shape index (κ3) is 4.94. The van der Waals surface area contributed by atoms with Crippen LogP contribution in [0.2, 0.25) is 5.15 Å². The maximum atomic E-state index is 13.8. The summed E-state index contributed by atoms with van der Waals surface area (Å²) in [6, 6.07) is 12.9. The number of carbonyl (C=O) groups excluding carboxylic acids is 1. The van der Waals surface area contributed by atoms with Gasteiger partial charge < -0.3 is 10.1 Å². The molecule has 0 bridgehead atoms. The first-order valence-corrected chi connectivity index (χ1v) is 11.1. The van der Waals surface area contributed by atoms with E-state index in [0.717, 1.165) is 11.6 Å². The molecule has 2 aromatic heterocycles. The molecule has 0 radical (unpaired) electrons. The highest BCUT2D eigenvalue weighted by Crippen LogP contribution is 2.39. The number of pyridine rings is 1. The summed E-state index contributed by atoms with van der Waals surface area (Å²) in [6.45, 7) is 0.365. The summed E-state index contributed by atoms with van der Waals surface area (Å²) >= 11 is 5.85. The summed E-state index contributed by atoms with van der Waals surface area (Å²) < 4.78 is 47.1. The smallest absolute Gasteiger partial charge is 0.417 e. The SMILES string of the molecule is O=C(Nc1ccc(-c2cccnc2)c(C(F)(F)F)c1)N1CCc2cc(Oc3cc(Cl)ncn3)ccc21. The number of rotatable bonds is 4. The van der Waals surface area contributed by atoms with Crippen molar-refractivity contribution in [1.82, 2.24) is 15.0 Å². The Labute approximate surface area is 208 Å². The van der Waals surface area contributed by atoms with Crippen LogP contribution in [0, 0.1) is 0 Å². The minimum Gasteiger partial charge on any atom is -0.439 e. The predicted molar refractivity (Wildman–Crippen MR) is 128 cm³/mol. The van der Waals surface area contributed by atoms with Gasteiger partial charge in [-0.05, 0) is 53.9 Å². The van der Waals surface area contributed by atoms with Crippen molar-refractivity contribution >= 4 is 29.0 Å². The van der Waals surface area contributed by atoms with Gasteiger partial charge in [0.2, 0.25) is 5.88 Å². The van der Waals surface area contributed by atoms with Crippen LogP contribution < -0.4 is 15.0 Å². The highest BCUT2D eigenvalue weighted by Gasteiger charge is 2.34. The molecule has 4 aromatic rings. The highest BCUT2D eigenvalue weighted by molar-refractivity contribution is 6.29. The number of fused-ring (bicyclic) bond motifs is 1. The Morgan fingerprint density at radius 3 is 2.69 bits per heavy atom. The monoisotopic (exact) mass is 511 g/mol. The molecular weight excluding hydrogens is 495 g/mol. The Balaban J connectivity index is 1.35. The van der Waals surface area contributed by atoms with Gasteiger partial charge in [-0.15, -0.1) is 0 Å². The zero-order valence-corrected chi connectivity index (χ0v) is 19.2. The van der Waals surface area contributed by atoms with Crippen LogP contribution in [0.5, 0.6) is 11.6 Å². The Kier molecular flexibility index (Phi) is 6.19. The number of benzene rings is 2. The standard InChI is InChI=1S/C25H17ClF3N5O2/c26-22-12-23(32-14-31-22)36-18-4-6-21-15(10-18)7-9-34(21)24(35)33-17-3-5-19(16-2-1-8-30-13-16)20(11-17)25(27,28)29/h1-6,8,10-14H,7,9H2,(H,33,35). The molecular formula is C25H17ClF3N5O2. The van der Waals surface area contributed by atoms with Crippen LogP contribution >= 0.6 is 11.6 Å². The number of nitrogens with zero attached hydrogens (tertiary/aromatic N) is 4. The molecule has 0 aliphatic carbocycles. The molecule has 3 heterocycles. The molecule has 11 heteroatoms. The van der Waals surface area contributed by atoms with Crippen molar-refractivity contribution in [3.05, 3.63) is 89.6 Å². The summed E-state index contributed by atoms with van der Waals surface area (Å²) in [4.78, 5) is 26.1. The Morgan fingerprint density at radius 2 is 1.94 bits per heavy atom. The number of nitrogens with one attached hydrogen (secondary N) is 1. The molecule has 1 aliphatic heterocycles. The lowest BCUT2D eigenvalue weighted by atomic mass is 10.00. The topological polar surface area (TPSA) is 80.2 Å². The number of aromatic nitrogens is 3. The van der Waals surface area contributed by atoms with E-state index >= 15 is 0 Å². The molecule has 182 valence electrons. The summed E-state index contributed by atoms with van der Waals surface area (Å²) in [6.07, 6.45) is 0.0700. The summed E-state index contributed by atoms with van der Waals surface area (Å²) in [5.41, 5.74) is 0.987. The first-order chi connectivity index (χ1) is 17.3. The van der Waals surface area contributed by atoms with E-state index in [9.17, 15) is 18.0 Å². The second-order valence-corrected chi connectivity index (χ2v) is 8.29. The highest BCUT2D eigenvalue weighted by atomic mass is 35.5. The summed E-state index contributed by atoms with van der Waals surface area (Å²) in [5.74, 6) is 0.782. The fourth-order valence-corrected chi connectivity index (χ4v) is 4.10. The van der Waals surface area contributed by atoms with Crippen molar-refractivity contribution in [3.63, 3.8) is 0 Å². The number of carbonyl (C=O) groups is 1. The van der Waals surface area contributed by atoms with E-state index in [4.69, 9.17) is 16.3 Å². The molecule has 5 rings (SSSR count). The number of hydrogen-bond acceptors (Lipinski definition) is 5. The average molecular weight is 512 g/mol. The molecule has 0 fully saturated rings. The zero-order valence-electron chi connectivity index (χ0n) is 18.5. The molecule has 0 saturated heterocycles. The van der Waals surface area contributed by atoms with Gasteiger partial charge in [0.1, 0.15) is 17.2 Å². The molecule has 0 spiro atoms. The van der Waals surface area contributed by atoms with Crippen molar-refractivity contribution in [2.24, 2.45) is 0 Å². The molecule has 2 aromatic carbocycles. The molecule has 36 heavy (non-hydrogen) atoms. The van der Waals surface area contributed by atoms with Crippen LogP contribution in [0.1, 0.15) is 11.1 Å². The van der Waals surface area contributed by atoms with Crippen LogP contribution in [0.15, 0.2) is 73.3 Å². The number of ether oxygens (including phenoxy) is 1. The lowest BCUT2D eigenvalue weighted by Gasteiger charge is -2.20. The summed E-state index contributed by atoms with van der Waals surface area (Å²) in [7, 11) is 0. The number of anilines is 2. The Bertz CT molecular complexity index is 1430. The molecule has 2 amide bonds. The second kappa shape index (κ2) is 9.46. The Hall–Kier alpha value is -4.18. The minimum atomic E-state index is -4.61. The Morgan fingerprint density at radius 1 is 1.08 bits per heavy atom. The van der Waals surface area contributed by atoms with E-state index in [1.807, 2.05) is 0 Å². The third-order valence-electron chi connectivity index (χ3n) is 5.57. The zero-order chi connectivity index (χ0) is 25.3. The lowest BCUT2D eigenvalue weighted by molar-refractivity contribution is -0.137. The number of halogens is 4. The predicted octanol–water partition coefficient (Wildman–Crippen LogP) is 6.60. The molecule has 0 atom stereocenters. The van der Waals surface area contributed by atoms with E-state index in [1.165, 1.54) is 41.8 Å². The van der Waals surface area contributed by atoms with Crippen LogP contribution in [0.25, 0.3) is 11.1 Å². The number of alkyl halides is 3. The first kappa shape index (κ1) is 23.6. The largest absolute Gasteiger partial charge is 0.439 e. The molecule has 1 N–H and O–H groups in total. The van der Waals surface area contributed by atoms with E-state index in [1.54, 1.807) is 30.3 Å². The van der Waals surface area contributed by atoms with Gasteiger partial charge in [0.05, 0.1) is 5.56 Å². The third-order valence-corrected chi connectivity index (χ3v) is 5.78. The van der Waals surface area contributed by atoms with Crippen molar-refractivity contribution in [2.75, 3.05) is 16.8 Å². The van der Waals surface area contributed by atoms with Gasteiger partial charge in [-0.2, -0.15) is 13.2 Å². The molecule has 1 aliphatic rings. The van der Waals surface area contributed by atoms with Crippen molar-refractivity contribution < 1.29 is 22.7 Å². The van der Waals surface area contributed by atoms with Crippen molar-refractivity contribution in [2.45, 2.75) is 12.6 Å². The van der Waals surface area contributed by atoms with Gasteiger partial charge in [0.15, 0.2) is 0 Å². The number of amides is 2. The fraction of sp³-hybridized carbons (Fsp3) is 0.120. The maximum absolute atomic E-state index is 13.8. The van der Waals surface area contributed by atoms with Crippen molar-refractivity contribution in [1.29, 1.82) is 0 Å². The molecule has 0 unspecified atom stereocenters. The van der Waals surface area contributed by atoms with E-state index < -0.39 is 17.8 Å². The van der Waals surface area contributed by atoms with Gasteiger partial charge in [-0.1, -0.05) is 23.7 Å². The van der Waals surface area contributed by atoms with Crippen LogP contribution in [-0.4, -0.2) is 27.5 Å². The average Bonchev–Trinajstić information content (AvgIpc) is 3.27. The van der Waals surface area contributed by atoms with Gasteiger partial charge in [-0.3, -0.25) is 9.88 Å². The normalized spacial score (nSPS) is 12.8. The first-order valence-electron chi connectivity index (χ1n) is 10.8. The minimum absolute atomic E-state index is 0.0161. The van der Waals surface area contributed by atoms with Crippen LogP contribution in [-0.2, 0) is 12.6 Å². The number of hydrogen-bond donors (Lipinski definition) is 1. The molecule has 7 nitrogen and oxygen atoms in total. The van der Waals surface area contributed by atoms with Gasteiger partial charge in [0.25, 0.3) is 0 Å². The maximum Gasteiger partial charge on any atom is 0.417 e. The van der Waals surface area contributed by atoms with Crippen molar-refractivity contribution in [3.8, 4) is 22.8 Å². The van der Waals surface area contributed by atoms with E-state index in [2.05, 4.69) is 20.3 Å². The number of urea groups is 1. The molecule has 0 saturated carbocycles. The fourth-order valence-electron chi connectivity index (χ4n) is 3.97. The van der Waals surface area contributed by atoms with E-state index in [-0.39, 0.29) is 22.3 Å². The van der Waals surface area contributed by atoms with E-state index in [0.29, 0.717) is 30.0 Å².